The summed E-state index contributed by atoms with van der Waals surface area (Å²) in [5.74, 6) is -1.20. The van der Waals surface area contributed by atoms with Gasteiger partial charge in [0.25, 0.3) is 0 Å². The molecule has 1 aromatic rings. The van der Waals surface area contributed by atoms with Gasteiger partial charge in [-0.2, -0.15) is 0 Å². The molecule has 0 aromatic carbocycles. The van der Waals surface area contributed by atoms with Gasteiger partial charge in [-0.3, -0.25) is 9.59 Å². The third-order valence-corrected chi connectivity index (χ3v) is 14.6. The summed E-state index contributed by atoms with van der Waals surface area (Å²) in [6.07, 6.45) is 11.1. The van der Waals surface area contributed by atoms with Gasteiger partial charge in [0.05, 0.1) is 30.3 Å². The van der Waals surface area contributed by atoms with Gasteiger partial charge >= 0.3 is 11.9 Å². The number of hydrogen-bond acceptors (Lipinski definition) is 10. The zero-order valence-electron chi connectivity index (χ0n) is 29.4. The number of epoxide rings is 1. The molecule has 5 heterocycles. The van der Waals surface area contributed by atoms with Crippen molar-refractivity contribution in [3.05, 3.63) is 23.7 Å². The minimum atomic E-state index is -1.36. The first-order chi connectivity index (χ1) is 23.5. The fourth-order valence-corrected chi connectivity index (χ4v) is 12.9. The third-order valence-electron chi connectivity index (χ3n) is 14.6. The van der Waals surface area contributed by atoms with Gasteiger partial charge in [-0.25, -0.2) is 4.79 Å². The largest absolute Gasteiger partial charge is 0.469 e. The Bertz CT molecular complexity index is 1480. The molecule has 4 saturated heterocycles. The molecule has 3 saturated carbocycles. The second-order valence-electron chi connectivity index (χ2n) is 17.1. The number of aryl methyl sites for hydroxylation is 1. The number of esters is 2. The quantitative estimate of drug-likeness (QED) is 0.183. The van der Waals surface area contributed by atoms with Crippen LogP contribution in [0.2, 0.25) is 0 Å². The summed E-state index contributed by atoms with van der Waals surface area (Å²) in [5, 5.41) is 21.9. The molecule has 10 heteroatoms. The van der Waals surface area contributed by atoms with Crippen LogP contribution in [0.1, 0.15) is 128 Å². The molecule has 10 atom stereocenters. The van der Waals surface area contributed by atoms with Crippen molar-refractivity contribution in [3.8, 4) is 0 Å². The van der Waals surface area contributed by atoms with Crippen LogP contribution < -0.4 is 0 Å². The van der Waals surface area contributed by atoms with E-state index in [1.807, 2.05) is 19.9 Å². The van der Waals surface area contributed by atoms with Crippen molar-refractivity contribution in [1.82, 2.24) is 0 Å². The highest BCUT2D eigenvalue weighted by Gasteiger charge is 2.92. The monoisotopic (exact) mass is 682 g/mol. The van der Waals surface area contributed by atoms with Gasteiger partial charge in [0, 0.05) is 34.8 Å². The topological polar surface area (TPSA) is 145 Å². The molecule has 4 aliphatic heterocycles. The Hall–Kier alpha value is -2.27. The number of ketones is 1. The van der Waals surface area contributed by atoms with Crippen molar-refractivity contribution < 1.29 is 48.0 Å². The Labute approximate surface area is 288 Å². The number of Topliss-reactive ketones (excluding diaryl/α,β-unsaturated/α-hetero) is 1. The lowest BCUT2D eigenvalue weighted by atomic mass is 9.33. The summed E-state index contributed by atoms with van der Waals surface area (Å²) in [7, 11) is 0. The zero-order valence-corrected chi connectivity index (χ0v) is 29.4. The first-order valence-electron chi connectivity index (χ1n) is 19.1. The standard InChI is InChI=1S/C39H54O10/c1-35(2)30-29(42)31(43)38(23-13-9-8-10-14-23)26(37(30)22-46-28(41)21-27(37)48-35)16-18-36(3)32(47-34(44)33-39(36,38)49-33)24-17-20-45-25(24)15-11-6-4-5-7-12-19-40/h17,20,23,26-27,30-33,40,43H,4-16,18-19,21-22H2,1-3H3. The average Bonchev–Trinajstić information content (AvgIpc) is 3.61. The van der Waals surface area contributed by atoms with Gasteiger partial charge < -0.3 is 33.6 Å². The van der Waals surface area contributed by atoms with Crippen LogP contribution >= 0.6 is 0 Å². The highest BCUT2D eigenvalue weighted by molar-refractivity contribution is 5.92. The first-order valence-corrected chi connectivity index (χ1v) is 19.1. The number of hydrogen-bond donors (Lipinski definition) is 2. The van der Waals surface area contributed by atoms with Gasteiger partial charge in [0.1, 0.15) is 30.2 Å². The molecule has 2 N–H and O–H groups in total. The van der Waals surface area contributed by atoms with Crippen LogP contribution in [0, 0.1) is 34.0 Å². The fourth-order valence-electron chi connectivity index (χ4n) is 12.9. The van der Waals surface area contributed by atoms with E-state index in [0.29, 0.717) is 19.3 Å². The summed E-state index contributed by atoms with van der Waals surface area (Å²) in [5.41, 5.74) is -3.84. The van der Waals surface area contributed by atoms with E-state index in [1.165, 1.54) is 0 Å². The van der Waals surface area contributed by atoms with Crippen molar-refractivity contribution >= 4 is 17.7 Å². The van der Waals surface area contributed by atoms with Crippen LogP contribution in [0.15, 0.2) is 16.7 Å². The minimum Gasteiger partial charge on any atom is -0.469 e. The number of aliphatic hydroxyl groups is 2. The van der Waals surface area contributed by atoms with Crippen LogP contribution in [-0.2, 0) is 39.8 Å². The SMILES string of the molecule is CC1(C)OC2CC(=O)OCC23C1C(=O)C(O)C1(C2CCCCC2)C3CCC2(C)C(c3ccoc3CCCCCCCCO)OC(=O)C3OC321. The lowest BCUT2D eigenvalue weighted by Crippen LogP contribution is -2.79. The molecule has 0 amide bonds. The Balaban J connectivity index is 1.22. The van der Waals surface area contributed by atoms with Gasteiger partial charge in [-0.05, 0) is 70.3 Å². The molecular weight excluding hydrogens is 628 g/mol. The lowest BCUT2D eigenvalue weighted by Gasteiger charge is -2.70. The van der Waals surface area contributed by atoms with E-state index in [2.05, 4.69) is 6.92 Å². The molecule has 2 spiro atoms. The molecule has 0 radical (unpaired) electrons. The number of ether oxygens (including phenoxy) is 4. The third kappa shape index (κ3) is 4.42. The Kier molecular flexibility index (Phi) is 8.21. The maximum Gasteiger partial charge on any atom is 0.339 e. The molecule has 49 heavy (non-hydrogen) atoms. The Morgan fingerprint density at radius 2 is 1.63 bits per heavy atom. The minimum absolute atomic E-state index is 0.0617. The number of unbranched alkanes of at least 4 members (excludes halogenated alkanes) is 5. The van der Waals surface area contributed by atoms with Crippen molar-refractivity contribution in [2.24, 2.45) is 34.0 Å². The lowest BCUT2D eigenvalue weighted by molar-refractivity contribution is -0.275. The number of aliphatic hydroxyl groups excluding tert-OH is 2. The molecular formula is C39H54O10. The first kappa shape index (κ1) is 33.9. The van der Waals surface area contributed by atoms with Crippen LogP contribution in [0.3, 0.4) is 0 Å². The van der Waals surface area contributed by atoms with Crippen LogP contribution in [0.5, 0.6) is 0 Å². The molecule has 10 unspecified atom stereocenters. The highest BCUT2D eigenvalue weighted by Crippen LogP contribution is 2.82. The van der Waals surface area contributed by atoms with Crippen molar-refractivity contribution in [3.63, 3.8) is 0 Å². The summed E-state index contributed by atoms with van der Waals surface area (Å²) in [6.45, 7) is 6.27. The summed E-state index contributed by atoms with van der Waals surface area (Å²) >= 11 is 0. The van der Waals surface area contributed by atoms with Crippen LogP contribution in [-0.4, -0.2) is 70.7 Å². The summed E-state index contributed by atoms with van der Waals surface area (Å²) < 4.78 is 31.9. The maximum atomic E-state index is 15.0. The number of cyclic esters (lactones) is 2. The van der Waals surface area contributed by atoms with E-state index >= 15 is 4.79 Å². The van der Waals surface area contributed by atoms with Crippen molar-refractivity contribution in [1.29, 1.82) is 0 Å². The second-order valence-corrected chi connectivity index (χ2v) is 17.1. The molecule has 7 fully saturated rings. The van der Waals surface area contributed by atoms with Gasteiger partial charge in [0.15, 0.2) is 11.9 Å². The van der Waals surface area contributed by atoms with E-state index < -0.39 is 63.8 Å². The number of rotatable bonds is 10. The molecule has 1 aromatic heterocycles. The van der Waals surface area contributed by atoms with Crippen LogP contribution in [0.25, 0.3) is 0 Å². The van der Waals surface area contributed by atoms with Gasteiger partial charge in [0.2, 0.25) is 0 Å². The van der Waals surface area contributed by atoms with Gasteiger partial charge in [-0.15, -0.1) is 0 Å². The predicted octanol–water partition coefficient (Wildman–Crippen LogP) is 5.54. The van der Waals surface area contributed by atoms with E-state index in [9.17, 15) is 14.7 Å². The second kappa shape index (κ2) is 11.9. The summed E-state index contributed by atoms with van der Waals surface area (Å²) in [4.78, 5) is 41.9. The molecule has 0 bridgehead atoms. The number of fused-ring (bicyclic) bond motifs is 1. The Morgan fingerprint density at radius 3 is 2.39 bits per heavy atom. The molecule has 3 aliphatic carbocycles. The van der Waals surface area contributed by atoms with Crippen molar-refractivity contribution in [2.45, 2.75) is 153 Å². The zero-order chi connectivity index (χ0) is 34.4. The molecule has 270 valence electrons. The molecule has 8 rings (SSSR count). The van der Waals surface area contributed by atoms with E-state index in [1.54, 1.807) is 6.26 Å². The number of furan rings is 1. The maximum absolute atomic E-state index is 15.0. The predicted molar refractivity (Wildman–Crippen MR) is 175 cm³/mol. The van der Waals surface area contributed by atoms with E-state index in [4.69, 9.17) is 28.5 Å². The van der Waals surface area contributed by atoms with E-state index in [0.717, 1.165) is 82.0 Å². The summed E-state index contributed by atoms with van der Waals surface area (Å²) in [6, 6.07) is 1.93. The highest BCUT2D eigenvalue weighted by atomic mass is 16.7. The molecule has 10 nitrogen and oxygen atoms in total. The van der Waals surface area contributed by atoms with Crippen molar-refractivity contribution in [2.75, 3.05) is 13.2 Å². The fraction of sp³-hybridized carbons (Fsp3) is 0.821. The van der Waals surface area contributed by atoms with Gasteiger partial charge in [-0.1, -0.05) is 51.9 Å². The normalized spacial score (nSPS) is 43.8. The smallest absolute Gasteiger partial charge is 0.339 e. The molecule has 7 aliphatic rings. The Morgan fingerprint density at radius 1 is 0.898 bits per heavy atom. The average molecular weight is 683 g/mol. The number of carbonyl (C=O) groups excluding carboxylic acids is 3. The van der Waals surface area contributed by atoms with E-state index in [-0.39, 0.29) is 43.2 Å². The number of carbonyl (C=O) groups is 3. The van der Waals surface area contributed by atoms with Crippen LogP contribution in [0.4, 0.5) is 0 Å².